The van der Waals surface area contributed by atoms with Crippen LogP contribution in [0.15, 0.2) is 77.8 Å². The summed E-state index contributed by atoms with van der Waals surface area (Å²) in [5, 5.41) is 3.05. The molecule has 29 heavy (non-hydrogen) atoms. The number of rotatable bonds is 7. The number of anilines is 1. The number of nitrogens with one attached hydrogen (secondary N) is 1. The number of nitrogens with zero attached hydrogens (tertiary/aromatic N) is 1. The standard InChI is InChI=1S/C22H23N3O3.HI/c1-26-19-8-4-3-7-18(19)25-22(23)24-15-16-11-13-17(14-12-16)28-21-10-6-5-9-20(21)27-2;/h3-14H,15H2,1-2H3,(H3,23,24,25);1H. The second kappa shape index (κ2) is 11.2. The van der Waals surface area contributed by atoms with Gasteiger partial charge < -0.3 is 25.3 Å². The van der Waals surface area contributed by atoms with E-state index in [9.17, 15) is 0 Å². The van der Waals surface area contributed by atoms with E-state index in [2.05, 4.69) is 10.3 Å². The lowest BCUT2D eigenvalue weighted by Gasteiger charge is -2.11. The molecule has 6 nitrogen and oxygen atoms in total. The molecule has 0 aliphatic carbocycles. The van der Waals surface area contributed by atoms with Gasteiger partial charge in [-0.1, -0.05) is 36.4 Å². The van der Waals surface area contributed by atoms with Crippen molar-refractivity contribution >= 4 is 35.6 Å². The number of benzene rings is 3. The van der Waals surface area contributed by atoms with Gasteiger partial charge in [0.25, 0.3) is 0 Å². The van der Waals surface area contributed by atoms with E-state index < -0.39 is 0 Å². The summed E-state index contributed by atoms with van der Waals surface area (Å²) in [7, 11) is 3.23. The average Bonchev–Trinajstić information content (AvgIpc) is 2.74. The molecule has 3 N–H and O–H groups in total. The van der Waals surface area contributed by atoms with Crippen LogP contribution in [0.4, 0.5) is 5.69 Å². The molecule has 0 aromatic heterocycles. The fraction of sp³-hybridized carbons (Fsp3) is 0.136. The number of hydrogen-bond donors (Lipinski definition) is 2. The maximum Gasteiger partial charge on any atom is 0.193 e. The van der Waals surface area contributed by atoms with Crippen LogP contribution in [0.1, 0.15) is 5.56 Å². The molecule has 0 bridgehead atoms. The minimum absolute atomic E-state index is 0. The fourth-order valence-corrected chi connectivity index (χ4v) is 2.59. The van der Waals surface area contributed by atoms with Crippen molar-refractivity contribution in [2.24, 2.45) is 10.7 Å². The molecule has 0 spiro atoms. The summed E-state index contributed by atoms with van der Waals surface area (Å²) in [5.74, 6) is 3.10. The number of aliphatic imine (C=N–C) groups is 1. The summed E-state index contributed by atoms with van der Waals surface area (Å²) in [6, 6.07) is 22.7. The highest BCUT2D eigenvalue weighted by Crippen LogP contribution is 2.31. The van der Waals surface area contributed by atoms with Crippen LogP contribution in [-0.2, 0) is 6.54 Å². The smallest absolute Gasteiger partial charge is 0.193 e. The molecule has 0 heterocycles. The van der Waals surface area contributed by atoms with E-state index in [4.69, 9.17) is 19.9 Å². The van der Waals surface area contributed by atoms with Crippen LogP contribution in [0.2, 0.25) is 0 Å². The quantitative estimate of drug-likeness (QED) is 0.267. The first-order valence-electron chi connectivity index (χ1n) is 8.79. The van der Waals surface area contributed by atoms with Gasteiger partial charge in [-0.25, -0.2) is 4.99 Å². The summed E-state index contributed by atoms with van der Waals surface area (Å²) in [6.07, 6.45) is 0. The van der Waals surface area contributed by atoms with Gasteiger partial charge in [0.2, 0.25) is 0 Å². The topological polar surface area (TPSA) is 78.1 Å². The Kier molecular flexibility index (Phi) is 8.60. The van der Waals surface area contributed by atoms with Gasteiger partial charge in [-0.2, -0.15) is 0 Å². The molecule has 0 atom stereocenters. The van der Waals surface area contributed by atoms with Crippen molar-refractivity contribution in [3.05, 3.63) is 78.4 Å². The third kappa shape index (κ3) is 6.28. The largest absolute Gasteiger partial charge is 0.495 e. The zero-order valence-corrected chi connectivity index (χ0v) is 18.6. The third-order valence-electron chi connectivity index (χ3n) is 4.02. The van der Waals surface area contributed by atoms with E-state index in [1.807, 2.05) is 72.8 Å². The van der Waals surface area contributed by atoms with Crippen molar-refractivity contribution in [1.82, 2.24) is 0 Å². The monoisotopic (exact) mass is 505 g/mol. The molecule has 3 aromatic rings. The van der Waals surface area contributed by atoms with Gasteiger partial charge >= 0.3 is 0 Å². The molecule has 0 aliphatic rings. The van der Waals surface area contributed by atoms with Gasteiger partial charge in [-0.3, -0.25) is 0 Å². The van der Waals surface area contributed by atoms with Crippen LogP contribution in [0.25, 0.3) is 0 Å². The molecular formula is C22H24IN3O3. The summed E-state index contributed by atoms with van der Waals surface area (Å²) >= 11 is 0. The minimum Gasteiger partial charge on any atom is -0.495 e. The molecule has 7 heteroatoms. The lowest BCUT2D eigenvalue weighted by atomic mass is 10.2. The first-order chi connectivity index (χ1) is 13.7. The van der Waals surface area contributed by atoms with Gasteiger partial charge in [-0.05, 0) is 42.0 Å². The zero-order chi connectivity index (χ0) is 19.8. The van der Waals surface area contributed by atoms with Crippen molar-refractivity contribution in [2.45, 2.75) is 6.54 Å². The van der Waals surface area contributed by atoms with Crippen molar-refractivity contribution in [3.8, 4) is 23.0 Å². The van der Waals surface area contributed by atoms with Gasteiger partial charge in [-0.15, -0.1) is 24.0 Å². The van der Waals surface area contributed by atoms with E-state index in [0.29, 0.717) is 29.8 Å². The van der Waals surface area contributed by atoms with E-state index in [-0.39, 0.29) is 24.0 Å². The highest BCUT2D eigenvalue weighted by atomic mass is 127. The molecule has 0 saturated carbocycles. The number of methoxy groups -OCH3 is 2. The van der Waals surface area contributed by atoms with E-state index in [0.717, 1.165) is 17.0 Å². The Morgan fingerprint density at radius 2 is 1.41 bits per heavy atom. The van der Waals surface area contributed by atoms with Crippen molar-refractivity contribution in [3.63, 3.8) is 0 Å². The van der Waals surface area contributed by atoms with E-state index in [1.54, 1.807) is 14.2 Å². The molecule has 0 aliphatic heterocycles. The first-order valence-corrected chi connectivity index (χ1v) is 8.79. The molecular weight excluding hydrogens is 481 g/mol. The Morgan fingerprint density at radius 1 is 0.828 bits per heavy atom. The van der Waals surface area contributed by atoms with E-state index >= 15 is 0 Å². The Morgan fingerprint density at radius 3 is 2.07 bits per heavy atom. The highest BCUT2D eigenvalue weighted by Gasteiger charge is 2.05. The van der Waals surface area contributed by atoms with Crippen LogP contribution in [-0.4, -0.2) is 20.2 Å². The lowest BCUT2D eigenvalue weighted by molar-refractivity contribution is 0.379. The van der Waals surface area contributed by atoms with Gasteiger partial charge in [0.1, 0.15) is 11.5 Å². The number of guanidine groups is 1. The normalized spacial score (nSPS) is 10.6. The van der Waals surface area contributed by atoms with Gasteiger partial charge in [0.15, 0.2) is 17.5 Å². The predicted molar refractivity (Wildman–Crippen MR) is 127 cm³/mol. The summed E-state index contributed by atoms with van der Waals surface area (Å²) < 4.78 is 16.5. The number of para-hydroxylation sites is 4. The molecule has 0 fully saturated rings. The number of nitrogens with two attached hydrogens (primary N) is 1. The Balaban J connectivity index is 0.00000300. The van der Waals surface area contributed by atoms with E-state index in [1.165, 1.54) is 0 Å². The molecule has 3 aromatic carbocycles. The minimum atomic E-state index is 0. The molecule has 0 saturated heterocycles. The number of hydrogen-bond acceptors (Lipinski definition) is 4. The summed E-state index contributed by atoms with van der Waals surface area (Å²) in [6.45, 7) is 0.447. The van der Waals surface area contributed by atoms with Crippen molar-refractivity contribution in [2.75, 3.05) is 19.5 Å². The maximum atomic E-state index is 5.99. The third-order valence-corrected chi connectivity index (χ3v) is 4.02. The first kappa shape index (κ1) is 22.4. The van der Waals surface area contributed by atoms with Crippen LogP contribution in [0.5, 0.6) is 23.0 Å². The Labute approximate surface area is 187 Å². The Bertz CT molecular complexity index is 946. The number of ether oxygens (including phenoxy) is 3. The predicted octanol–water partition coefficient (Wildman–Crippen LogP) is 5.04. The molecule has 0 amide bonds. The van der Waals surface area contributed by atoms with Crippen LogP contribution < -0.4 is 25.3 Å². The molecule has 3 rings (SSSR count). The van der Waals surface area contributed by atoms with Crippen LogP contribution >= 0.6 is 24.0 Å². The summed E-state index contributed by atoms with van der Waals surface area (Å²) in [5.41, 5.74) is 7.77. The van der Waals surface area contributed by atoms with Gasteiger partial charge in [0, 0.05) is 0 Å². The Hall–Kier alpha value is -2.94. The van der Waals surface area contributed by atoms with Crippen LogP contribution in [0.3, 0.4) is 0 Å². The van der Waals surface area contributed by atoms with Crippen molar-refractivity contribution in [1.29, 1.82) is 0 Å². The SMILES string of the molecule is COc1ccccc1NC(N)=NCc1ccc(Oc2ccccc2OC)cc1.I. The highest BCUT2D eigenvalue weighted by molar-refractivity contribution is 14.0. The molecule has 152 valence electrons. The molecule has 0 unspecified atom stereocenters. The lowest BCUT2D eigenvalue weighted by Crippen LogP contribution is -2.22. The van der Waals surface area contributed by atoms with Gasteiger partial charge in [0.05, 0.1) is 26.5 Å². The zero-order valence-electron chi connectivity index (χ0n) is 16.3. The second-order valence-corrected chi connectivity index (χ2v) is 5.92. The second-order valence-electron chi connectivity index (χ2n) is 5.92. The summed E-state index contributed by atoms with van der Waals surface area (Å²) in [4.78, 5) is 4.37. The molecule has 0 radical (unpaired) electrons. The van der Waals surface area contributed by atoms with Crippen LogP contribution in [0, 0.1) is 0 Å². The van der Waals surface area contributed by atoms with Crippen molar-refractivity contribution < 1.29 is 14.2 Å². The fourth-order valence-electron chi connectivity index (χ4n) is 2.59. The number of halogens is 1. The maximum absolute atomic E-state index is 5.99. The average molecular weight is 505 g/mol.